The lowest BCUT2D eigenvalue weighted by atomic mass is 9.75. The summed E-state index contributed by atoms with van der Waals surface area (Å²) in [6, 6.07) is 10.0. The van der Waals surface area contributed by atoms with Crippen LogP contribution in [0, 0.1) is 5.92 Å². The summed E-state index contributed by atoms with van der Waals surface area (Å²) in [4.78, 5) is 17.3. The number of fused-ring (bicyclic) bond motifs is 1. The molecule has 1 atom stereocenters. The average Bonchev–Trinajstić information content (AvgIpc) is 3.14. The van der Waals surface area contributed by atoms with Crippen LogP contribution in [0.3, 0.4) is 0 Å². The maximum absolute atomic E-state index is 12.8. The summed E-state index contributed by atoms with van der Waals surface area (Å²) in [5.74, 6) is 0.0495. The molecule has 0 unspecified atom stereocenters. The van der Waals surface area contributed by atoms with E-state index < -0.39 is 0 Å². The summed E-state index contributed by atoms with van der Waals surface area (Å²) >= 11 is 0. The molecule has 1 amide bonds. The minimum atomic E-state index is -0.286. The Kier molecular flexibility index (Phi) is 4.66. The minimum absolute atomic E-state index is 0.151. The molecule has 3 aromatic rings. The van der Waals surface area contributed by atoms with E-state index in [0.717, 1.165) is 16.5 Å². The average molecular weight is 364 g/mol. The Morgan fingerprint density at radius 2 is 2.04 bits per heavy atom. The number of hydrogen-bond acceptors (Lipinski definition) is 4. The van der Waals surface area contributed by atoms with E-state index >= 15 is 0 Å². The van der Waals surface area contributed by atoms with Gasteiger partial charge in [-0.2, -0.15) is 5.10 Å². The monoisotopic (exact) mass is 364 g/mol. The lowest BCUT2D eigenvalue weighted by molar-refractivity contribution is 0.0235. The van der Waals surface area contributed by atoms with Crippen LogP contribution in [0.1, 0.15) is 54.7 Å². The fraction of sp³-hybridized carbons (Fsp3) is 0.381. The van der Waals surface area contributed by atoms with Crippen LogP contribution < -0.4 is 5.32 Å². The quantitative estimate of drug-likeness (QED) is 0.728. The second-order valence-electron chi connectivity index (χ2n) is 7.60. The van der Waals surface area contributed by atoms with Crippen molar-refractivity contribution >= 4 is 16.8 Å². The first-order chi connectivity index (χ1) is 13.0. The molecule has 2 aromatic heterocycles. The first-order valence-electron chi connectivity index (χ1n) is 9.39. The van der Waals surface area contributed by atoms with Crippen molar-refractivity contribution in [1.82, 2.24) is 20.1 Å². The van der Waals surface area contributed by atoms with E-state index in [1.54, 1.807) is 17.1 Å². The molecule has 140 valence electrons. The summed E-state index contributed by atoms with van der Waals surface area (Å²) in [6.07, 6.45) is 6.28. The molecule has 1 saturated carbocycles. The summed E-state index contributed by atoms with van der Waals surface area (Å²) in [7, 11) is 0. The Morgan fingerprint density at radius 1 is 1.26 bits per heavy atom. The van der Waals surface area contributed by atoms with Gasteiger partial charge in [-0.3, -0.25) is 14.5 Å². The van der Waals surface area contributed by atoms with Crippen LogP contribution in [0.5, 0.6) is 0 Å². The number of para-hydroxylation sites is 1. The highest BCUT2D eigenvalue weighted by Gasteiger charge is 2.36. The van der Waals surface area contributed by atoms with Crippen LogP contribution in [-0.4, -0.2) is 31.9 Å². The number of benzene rings is 1. The number of pyridine rings is 1. The summed E-state index contributed by atoms with van der Waals surface area (Å²) in [6.45, 7) is 4.04. The second kappa shape index (κ2) is 7.12. The number of amides is 1. The van der Waals surface area contributed by atoms with Gasteiger partial charge in [0, 0.05) is 23.8 Å². The SMILES string of the molecule is CC(C)n1cc(C(=O)N[C@@H](c2cnc3ccccc3c2)C2CC(O)C2)cn1. The van der Waals surface area contributed by atoms with E-state index in [9.17, 15) is 9.90 Å². The molecule has 0 bridgehead atoms. The van der Waals surface area contributed by atoms with Crippen molar-refractivity contribution in [2.45, 2.75) is 44.9 Å². The van der Waals surface area contributed by atoms with Gasteiger partial charge < -0.3 is 10.4 Å². The zero-order chi connectivity index (χ0) is 19.0. The standard InChI is InChI=1S/C21H24N4O2/c1-13(2)25-12-17(11-23-25)21(27)24-20(15-8-18(26)9-15)16-7-14-5-3-4-6-19(14)22-10-16/h3-7,10-13,15,18,20,26H,8-9H2,1-2H3,(H,24,27)/t15?,18?,20-/m1/s1. The molecule has 4 rings (SSSR count). The minimum Gasteiger partial charge on any atom is -0.393 e. The van der Waals surface area contributed by atoms with E-state index in [1.807, 2.05) is 44.3 Å². The Hall–Kier alpha value is -2.73. The lowest BCUT2D eigenvalue weighted by Gasteiger charge is -2.38. The van der Waals surface area contributed by atoms with Crippen LogP contribution in [0.25, 0.3) is 10.9 Å². The maximum Gasteiger partial charge on any atom is 0.254 e. The third-order valence-electron chi connectivity index (χ3n) is 5.27. The van der Waals surface area contributed by atoms with Crippen LogP contribution in [0.2, 0.25) is 0 Å². The number of aromatic nitrogens is 3. The number of carbonyl (C=O) groups is 1. The molecule has 1 aliphatic rings. The third kappa shape index (κ3) is 3.57. The largest absolute Gasteiger partial charge is 0.393 e. The Morgan fingerprint density at radius 3 is 2.74 bits per heavy atom. The molecule has 0 saturated heterocycles. The van der Waals surface area contributed by atoms with Crippen LogP contribution in [0.4, 0.5) is 0 Å². The van der Waals surface area contributed by atoms with Crippen molar-refractivity contribution in [2.75, 3.05) is 0 Å². The number of aliphatic hydroxyl groups is 1. The van der Waals surface area contributed by atoms with Crippen LogP contribution in [-0.2, 0) is 0 Å². The van der Waals surface area contributed by atoms with Crippen LogP contribution in [0.15, 0.2) is 48.9 Å². The van der Waals surface area contributed by atoms with Crippen molar-refractivity contribution < 1.29 is 9.90 Å². The van der Waals surface area contributed by atoms with E-state index in [-0.39, 0.29) is 30.0 Å². The van der Waals surface area contributed by atoms with Crippen molar-refractivity contribution in [2.24, 2.45) is 5.92 Å². The van der Waals surface area contributed by atoms with Gasteiger partial charge in [-0.1, -0.05) is 18.2 Å². The molecule has 2 heterocycles. The van der Waals surface area contributed by atoms with Crippen LogP contribution >= 0.6 is 0 Å². The molecule has 0 spiro atoms. The first-order valence-corrected chi connectivity index (χ1v) is 9.39. The van der Waals surface area contributed by atoms with Gasteiger partial charge in [0.05, 0.1) is 29.4 Å². The summed E-state index contributed by atoms with van der Waals surface area (Å²) in [5.41, 5.74) is 2.44. The molecular weight excluding hydrogens is 340 g/mol. The van der Waals surface area contributed by atoms with Gasteiger partial charge in [0.15, 0.2) is 0 Å². The number of aliphatic hydroxyl groups excluding tert-OH is 1. The van der Waals surface area contributed by atoms with Crippen molar-refractivity contribution in [3.63, 3.8) is 0 Å². The topological polar surface area (TPSA) is 80.0 Å². The highest BCUT2D eigenvalue weighted by atomic mass is 16.3. The summed E-state index contributed by atoms with van der Waals surface area (Å²) in [5, 5.41) is 18.2. The molecule has 6 nitrogen and oxygen atoms in total. The molecule has 27 heavy (non-hydrogen) atoms. The normalized spacial score (nSPS) is 20.4. The fourth-order valence-corrected chi connectivity index (χ4v) is 3.60. The number of nitrogens with one attached hydrogen (secondary N) is 1. The van der Waals surface area contributed by atoms with E-state index in [4.69, 9.17) is 0 Å². The number of rotatable bonds is 5. The van der Waals surface area contributed by atoms with E-state index in [0.29, 0.717) is 18.4 Å². The number of hydrogen-bond donors (Lipinski definition) is 2. The predicted octanol–water partition coefficient (Wildman–Crippen LogP) is 3.25. The fourth-order valence-electron chi connectivity index (χ4n) is 3.60. The molecule has 0 aliphatic heterocycles. The molecular formula is C21H24N4O2. The van der Waals surface area contributed by atoms with E-state index in [2.05, 4.69) is 21.5 Å². The zero-order valence-corrected chi connectivity index (χ0v) is 15.5. The number of nitrogens with zero attached hydrogens (tertiary/aromatic N) is 3. The molecule has 1 aromatic carbocycles. The van der Waals surface area contributed by atoms with Gasteiger partial charge in [0.1, 0.15) is 0 Å². The smallest absolute Gasteiger partial charge is 0.254 e. The molecule has 2 N–H and O–H groups in total. The van der Waals surface area contributed by atoms with Crippen molar-refractivity contribution in [3.8, 4) is 0 Å². The molecule has 0 radical (unpaired) electrons. The molecule has 1 fully saturated rings. The second-order valence-corrected chi connectivity index (χ2v) is 7.60. The summed E-state index contributed by atoms with van der Waals surface area (Å²) < 4.78 is 1.77. The van der Waals surface area contributed by atoms with E-state index in [1.165, 1.54) is 0 Å². The van der Waals surface area contributed by atoms with Gasteiger partial charge >= 0.3 is 0 Å². The highest BCUT2D eigenvalue weighted by molar-refractivity contribution is 5.94. The predicted molar refractivity (Wildman–Crippen MR) is 103 cm³/mol. The van der Waals surface area contributed by atoms with Crippen molar-refractivity contribution in [1.29, 1.82) is 0 Å². The highest BCUT2D eigenvalue weighted by Crippen LogP contribution is 2.38. The Labute approximate surface area is 158 Å². The Bertz CT molecular complexity index is 959. The van der Waals surface area contributed by atoms with Gasteiger partial charge in [-0.25, -0.2) is 0 Å². The van der Waals surface area contributed by atoms with Gasteiger partial charge in [-0.05, 0) is 50.3 Å². The van der Waals surface area contributed by atoms with Gasteiger partial charge in [-0.15, -0.1) is 0 Å². The molecule has 6 heteroatoms. The molecule has 1 aliphatic carbocycles. The number of carbonyl (C=O) groups excluding carboxylic acids is 1. The first kappa shape index (κ1) is 17.7. The van der Waals surface area contributed by atoms with Gasteiger partial charge in [0.25, 0.3) is 5.91 Å². The lowest BCUT2D eigenvalue weighted by Crippen LogP contribution is -2.41. The maximum atomic E-state index is 12.8. The van der Waals surface area contributed by atoms with Crippen molar-refractivity contribution in [3.05, 3.63) is 60.0 Å². The Balaban J connectivity index is 1.61. The zero-order valence-electron chi connectivity index (χ0n) is 15.5. The van der Waals surface area contributed by atoms with Gasteiger partial charge in [0.2, 0.25) is 0 Å². The third-order valence-corrected chi connectivity index (χ3v) is 5.27.